The Morgan fingerprint density at radius 3 is 2.94 bits per heavy atom. The van der Waals surface area contributed by atoms with Crippen LogP contribution in [0.1, 0.15) is 16.8 Å². The van der Waals surface area contributed by atoms with Crippen molar-refractivity contribution in [3.05, 3.63) is 40.6 Å². The van der Waals surface area contributed by atoms with Crippen molar-refractivity contribution in [3.8, 4) is 0 Å². The number of aliphatic hydroxyl groups excluding tert-OH is 1. The molecule has 5 heteroatoms. The van der Waals surface area contributed by atoms with Crippen molar-refractivity contribution in [1.29, 1.82) is 0 Å². The molecule has 0 unspecified atom stereocenters. The fourth-order valence-corrected chi connectivity index (χ4v) is 2.51. The summed E-state index contributed by atoms with van der Waals surface area (Å²) in [4.78, 5) is 12.0. The number of anilines is 1. The van der Waals surface area contributed by atoms with E-state index >= 15 is 0 Å². The van der Waals surface area contributed by atoms with Gasteiger partial charge in [0.2, 0.25) is 0 Å². The molecule has 3 nitrogen and oxygen atoms in total. The van der Waals surface area contributed by atoms with Gasteiger partial charge in [-0.3, -0.25) is 0 Å². The molecule has 83 valence electrons. The van der Waals surface area contributed by atoms with Crippen molar-refractivity contribution < 1.29 is 9.90 Å². The first-order valence-electron chi connectivity index (χ1n) is 4.75. The quantitative estimate of drug-likeness (QED) is 0.443. The molecule has 1 radical (unpaired) electrons. The van der Waals surface area contributed by atoms with E-state index in [4.69, 9.17) is 16.7 Å². The summed E-state index contributed by atoms with van der Waals surface area (Å²) in [7, 11) is 0. The maximum absolute atomic E-state index is 12.0. The van der Waals surface area contributed by atoms with Crippen LogP contribution >= 0.6 is 11.6 Å². The van der Waals surface area contributed by atoms with E-state index in [9.17, 15) is 4.79 Å². The average Bonchev–Trinajstić information content (AvgIpc) is 2.39. The summed E-state index contributed by atoms with van der Waals surface area (Å²) in [6.07, 6.45) is 1.45. The third kappa shape index (κ3) is 2.06. The molecule has 1 heterocycles. The summed E-state index contributed by atoms with van der Waals surface area (Å²) >= 11 is 7.74. The van der Waals surface area contributed by atoms with Crippen molar-refractivity contribution in [2.45, 2.75) is 6.42 Å². The van der Waals surface area contributed by atoms with E-state index in [1.807, 2.05) is 25.7 Å². The van der Waals surface area contributed by atoms with Gasteiger partial charge in [-0.25, -0.2) is 0 Å². The van der Waals surface area contributed by atoms with Crippen molar-refractivity contribution in [3.63, 3.8) is 0 Å². The summed E-state index contributed by atoms with van der Waals surface area (Å²) in [6.45, 7) is 0.690. The predicted molar refractivity (Wildman–Crippen MR) is 64.2 cm³/mol. The van der Waals surface area contributed by atoms with Crippen LogP contribution in [-0.2, 0) is 0 Å². The van der Waals surface area contributed by atoms with Gasteiger partial charge < -0.3 is 0 Å². The van der Waals surface area contributed by atoms with Crippen molar-refractivity contribution in [2.24, 2.45) is 0 Å². The SMILES string of the molecule is O=C1C(=CO)CCN([Te])c2cc(Cl)ccc21. The van der Waals surface area contributed by atoms with E-state index in [-0.39, 0.29) is 5.78 Å². The Bertz CT molecular complexity index is 473. The molecular formula is C11H9ClNO2Te. The molecule has 0 aliphatic carbocycles. The number of carbonyl (C=O) groups is 1. The fourth-order valence-electron chi connectivity index (χ4n) is 1.66. The molecule has 0 amide bonds. The molecular weight excluding hydrogens is 341 g/mol. The molecule has 1 aliphatic rings. The first-order chi connectivity index (χ1) is 7.63. The van der Waals surface area contributed by atoms with Gasteiger partial charge in [-0.2, -0.15) is 0 Å². The number of benzene rings is 1. The molecule has 0 aromatic heterocycles. The van der Waals surface area contributed by atoms with Crippen LogP contribution in [0.15, 0.2) is 30.0 Å². The van der Waals surface area contributed by atoms with Crippen LogP contribution in [-0.4, -0.2) is 40.0 Å². The third-order valence-electron chi connectivity index (χ3n) is 2.50. The average molecular weight is 350 g/mol. The first-order valence-corrected chi connectivity index (χ1v) is 6.17. The second-order valence-corrected chi connectivity index (χ2v) is 5.19. The van der Waals surface area contributed by atoms with Crippen molar-refractivity contribution in [1.82, 2.24) is 0 Å². The number of ketones is 1. The second kappa shape index (κ2) is 4.67. The van der Waals surface area contributed by atoms with Gasteiger partial charge in [0.25, 0.3) is 0 Å². The Balaban J connectivity index is 2.58. The molecule has 1 aromatic carbocycles. The van der Waals surface area contributed by atoms with Gasteiger partial charge in [0.1, 0.15) is 0 Å². The van der Waals surface area contributed by atoms with Gasteiger partial charge in [-0.05, 0) is 0 Å². The number of rotatable bonds is 0. The number of hydrogen-bond acceptors (Lipinski definition) is 3. The predicted octanol–water partition coefficient (Wildman–Crippen LogP) is 2.26. The van der Waals surface area contributed by atoms with E-state index in [1.54, 1.807) is 18.2 Å². The minimum absolute atomic E-state index is 0.125. The van der Waals surface area contributed by atoms with Crippen LogP contribution < -0.4 is 3.15 Å². The third-order valence-corrected chi connectivity index (χ3v) is 3.82. The van der Waals surface area contributed by atoms with Gasteiger partial charge in [-0.1, -0.05) is 0 Å². The van der Waals surface area contributed by atoms with Gasteiger partial charge in [-0.15, -0.1) is 0 Å². The van der Waals surface area contributed by atoms with E-state index in [2.05, 4.69) is 0 Å². The molecule has 2 rings (SSSR count). The summed E-state index contributed by atoms with van der Waals surface area (Å²) in [5.74, 6) is -0.125. The van der Waals surface area contributed by atoms with Gasteiger partial charge in [0, 0.05) is 0 Å². The summed E-state index contributed by atoms with van der Waals surface area (Å²) in [5, 5.41) is 9.63. The fraction of sp³-hybridized carbons (Fsp3) is 0.182. The van der Waals surface area contributed by atoms with Crippen LogP contribution in [0.25, 0.3) is 0 Å². The molecule has 0 bridgehead atoms. The molecule has 1 aromatic rings. The Labute approximate surface area is 112 Å². The van der Waals surface area contributed by atoms with Crippen LogP contribution in [0.2, 0.25) is 5.02 Å². The Morgan fingerprint density at radius 2 is 2.25 bits per heavy atom. The van der Waals surface area contributed by atoms with Crippen LogP contribution in [0.4, 0.5) is 5.69 Å². The van der Waals surface area contributed by atoms with Crippen molar-refractivity contribution >= 4 is 45.6 Å². The van der Waals surface area contributed by atoms with E-state index < -0.39 is 0 Å². The molecule has 0 atom stereocenters. The number of hydrogen-bond donors (Lipinski definition) is 1. The Kier molecular flexibility index (Phi) is 3.44. The molecule has 16 heavy (non-hydrogen) atoms. The van der Waals surface area contributed by atoms with E-state index in [1.165, 1.54) is 0 Å². The molecule has 1 N–H and O–H groups in total. The number of fused-ring (bicyclic) bond motifs is 1. The zero-order valence-electron chi connectivity index (χ0n) is 8.31. The first kappa shape index (κ1) is 11.8. The van der Waals surface area contributed by atoms with E-state index in [0.717, 1.165) is 11.9 Å². The van der Waals surface area contributed by atoms with Crippen LogP contribution in [0.5, 0.6) is 0 Å². The number of nitrogens with zero attached hydrogens (tertiary/aromatic N) is 1. The number of aliphatic hydroxyl groups is 1. The minimum atomic E-state index is -0.125. The zero-order chi connectivity index (χ0) is 11.7. The van der Waals surface area contributed by atoms with E-state index in [0.29, 0.717) is 29.1 Å². The summed E-state index contributed by atoms with van der Waals surface area (Å²) in [6, 6.07) is 5.16. The van der Waals surface area contributed by atoms with Gasteiger partial charge >= 0.3 is 112 Å². The summed E-state index contributed by atoms with van der Waals surface area (Å²) in [5.41, 5.74) is 1.85. The number of halogens is 1. The monoisotopic (exact) mass is 352 g/mol. The maximum atomic E-state index is 12.0. The molecule has 0 fully saturated rings. The number of carbonyl (C=O) groups excluding carboxylic acids is 1. The molecule has 1 aliphatic heterocycles. The summed E-state index contributed by atoms with van der Waals surface area (Å²) < 4.78 is 1.98. The normalized spacial score (nSPS) is 18.5. The second-order valence-electron chi connectivity index (χ2n) is 3.50. The molecule has 0 spiro atoms. The van der Waals surface area contributed by atoms with Crippen molar-refractivity contribution in [2.75, 3.05) is 9.70 Å². The van der Waals surface area contributed by atoms with Gasteiger partial charge in [0.05, 0.1) is 0 Å². The topological polar surface area (TPSA) is 40.5 Å². The van der Waals surface area contributed by atoms with Gasteiger partial charge in [0.15, 0.2) is 0 Å². The molecule has 0 saturated carbocycles. The number of Topliss-reactive ketones (excluding diaryl/α,β-unsaturated/α-hetero) is 1. The van der Waals surface area contributed by atoms with Crippen LogP contribution in [0.3, 0.4) is 0 Å². The molecule has 0 saturated heterocycles. The van der Waals surface area contributed by atoms with Crippen LogP contribution in [0, 0.1) is 0 Å². The Hall–Kier alpha value is -0.690. The zero-order valence-corrected chi connectivity index (χ0v) is 11.4. The standard InChI is InChI=1S/C11H9ClNO2Te/c12-8-1-2-9-10(5-8)13(16)4-3-7(6-14)11(9)15/h1-2,5-6,14H,3-4H2. The Morgan fingerprint density at radius 1 is 1.50 bits per heavy atom.